The molecule has 4 nitrogen and oxygen atoms in total. The molecule has 0 radical (unpaired) electrons. The number of aromatic nitrogens is 1. The van der Waals surface area contributed by atoms with Crippen molar-refractivity contribution in [2.24, 2.45) is 0 Å². The summed E-state index contributed by atoms with van der Waals surface area (Å²) in [5, 5.41) is 1.91. The Bertz CT molecular complexity index is 725. The Balaban J connectivity index is 1.73. The van der Waals surface area contributed by atoms with Crippen LogP contribution in [0.3, 0.4) is 0 Å². The highest BCUT2D eigenvalue weighted by Crippen LogP contribution is 2.22. The van der Waals surface area contributed by atoms with Gasteiger partial charge < -0.3 is 4.74 Å². The second-order valence-electron chi connectivity index (χ2n) is 6.40. The molecule has 0 bridgehead atoms. The van der Waals surface area contributed by atoms with Crippen molar-refractivity contribution >= 4 is 34.9 Å². The van der Waals surface area contributed by atoms with Crippen molar-refractivity contribution in [3.63, 3.8) is 0 Å². The first-order valence-electron chi connectivity index (χ1n) is 9.42. The number of carbonyl (C=O) groups excluding carboxylic acids is 2. The molecule has 0 fully saturated rings. The SMILES string of the molecule is CCCCCCCCc1ccc(SCC(=O)c2nc(C(=O)OC)cs2)cc1. The van der Waals surface area contributed by atoms with Crippen molar-refractivity contribution in [2.75, 3.05) is 12.9 Å². The molecule has 0 spiro atoms. The number of aryl methyl sites for hydroxylation is 1. The van der Waals surface area contributed by atoms with Crippen LogP contribution in [0.25, 0.3) is 0 Å². The van der Waals surface area contributed by atoms with Crippen LogP contribution in [0.1, 0.15) is 71.3 Å². The van der Waals surface area contributed by atoms with Crippen LogP contribution in [0.4, 0.5) is 0 Å². The Kier molecular flexibility index (Phi) is 9.56. The van der Waals surface area contributed by atoms with Gasteiger partial charge in [-0.05, 0) is 30.5 Å². The number of hydrogen-bond donors (Lipinski definition) is 0. The number of thioether (sulfide) groups is 1. The number of ether oxygens (including phenoxy) is 1. The zero-order valence-electron chi connectivity index (χ0n) is 16.0. The average molecular weight is 406 g/mol. The van der Waals surface area contributed by atoms with Gasteiger partial charge in [-0.2, -0.15) is 0 Å². The number of benzene rings is 1. The van der Waals surface area contributed by atoms with Gasteiger partial charge in [-0.25, -0.2) is 9.78 Å². The third-order valence-corrected chi connectivity index (χ3v) is 6.14. The van der Waals surface area contributed by atoms with Crippen molar-refractivity contribution in [3.8, 4) is 0 Å². The summed E-state index contributed by atoms with van der Waals surface area (Å²) in [4.78, 5) is 28.8. The minimum absolute atomic E-state index is 0.0729. The zero-order chi connectivity index (χ0) is 19.5. The fourth-order valence-electron chi connectivity index (χ4n) is 2.67. The minimum atomic E-state index is -0.515. The van der Waals surface area contributed by atoms with Gasteiger partial charge in [0.05, 0.1) is 12.9 Å². The van der Waals surface area contributed by atoms with Crippen molar-refractivity contribution in [1.82, 2.24) is 4.98 Å². The Morgan fingerprint density at radius 1 is 1.07 bits per heavy atom. The molecule has 0 saturated heterocycles. The summed E-state index contributed by atoms with van der Waals surface area (Å²) in [7, 11) is 1.30. The van der Waals surface area contributed by atoms with Crippen LogP contribution in [0, 0.1) is 0 Å². The summed E-state index contributed by atoms with van der Waals surface area (Å²) in [5.41, 5.74) is 1.54. The maximum Gasteiger partial charge on any atom is 0.357 e. The van der Waals surface area contributed by atoms with E-state index in [1.165, 1.54) is 74.3 Å². The van der Waals surface area contributed by atoms with Crippen LogP contribution in [-0.2, 0) is 11.2 Å². The lowest BCUT2D eigenvalue weighted by atomic mass is 10.1. The van der Waals surface area contributed by atoms with E-state index in [9.17, 15) is 9.59 Å². The molecule has 2 rings (SSSR count). The van der Waals surface area contributed by atoms with E-state index >= 15 is 0 Å². The van der Waals surface area contributed by atoms with Crippen molar-refractivity contribution < 1.29 is 14.3 Å². The average Bonchev–Trinajstić information content (AvgIpc) is 3.19. The molecule has 146 valence electrons. The Morgan fingerprint density at radius 2 is 1.78 bits per heavy atom. The van der Waals surface area contributed by atoms with E-state index in [-0.39, 0.29) is 11.5 Å². The minimum Gasteiger partial charge on any atom is -0.464 e. The monoisotopic (exact) mass is 405 g/mol. The lowest BCUT2D eigenvalue weighted by Gasteiger charge is -2.04. The van der Waals surface area contributed by atoms with Gasteiger partial charge in [-0.15, -0.1) is 23.1 Å². The van der Waals surface area contributed by atoms with Crippen molar-refractivity contribution in [2.45, 2.75) is 56.8 Å². The van der Waals surface area contributed by atoms with Gasteiger partial charge in [-0.1, -0.05) is 51.2 Å². The second-order valence-corrected chi connectivity index (χ2v) is 8.31. The molecule has 2 aromatic rings. The predicted molar refractivity (Wildman–Crippen MR) is 112 cm³/mol. The highest BCUT2D eigenvalue weighted by Gasteiger charge is 2.16. The highest BCUT2D eigenvalue weighted by atomic mass is 32.2. The van der Waals surface area contributed by atoms with Gasteiger partial charge >= 0.3 is 5.97 Å². The predicted octanol–water partition coefficient (Wildman–Crippen LogP) is 5.81. The molecule has 1 aromatic carbocycles. The maximum absolute atomic E-state index is 12.2. The van der Waals surface area contributed by atoms with Gasteiger partial charge in [0.2, 0.25) is 5.78 Å². The summed E-state index contributed by atoms with van der Waals surface area (Å²) >= 11 is 2.67. The Hall–Kier alpha value is -1.66. The van der Waals surface area contributed by atoms with E-state index in [0.717, 1.165) is 11.3 Å². The number of thiazole rings is 1. The van der Waals surface area contributed by atoms with Crippen molar-refractivity contribution in [3.05, 3.63) is 45.9 Å². The molecule has 0 aliphatic heterocycles. The van der Waals surface area contributed by atoms with E-state index in [1.807, 2.05) is 0 Å². The molecule has 0 saturated carbocycles. The molecule has 27 heavy (non-hydrogen) atoms. The molecule has 0 aliphatic carbocycles. The van der Waals surface area contributed by atoms with Crippen LogP contribution in [0.2, 0.25) is 0 Å². The first-order valence-corrected chi connectivity index (χ1v) is 11.3. The largest absolute Gasteiger partial charge is 0.464 e. The molecule has 1 heterocycles. The van der Waals surface area contributed by atoms with E-state index in [2.05, 4.69) is 40.9 Å². The second kappa shape index (κ2) is 11.9. The van der Waals surface area contributed by atoms with E-state index < -0.39 is 5.97 Å². The Morgan fingerprint density at radius 3 is 2.48 bits per heavy atom. The highest BCUT2D eigenvalue weighted by molar-refractivity contribution is 8.00. The van der Waals surface area contributed by atoms with Gasteiger partial charge in [0.1, 0.15) is 0 Å². The van der Waals surface area contributed by atoms with Crippen LogP contribution >= 0.6 is 23.1 Å². The van der Waals surface area contributed by atoms with E-state index in [1.54, 1.807) is 5.38 Å². The zero-order valence-corrected chi connectivity index (χ0v) is 17.7. The molecular formula is C21H27NO3S2. The fourth-order valence-corrected chi connectivity index (χ4v) is 4.25. The fraction of sp³-hybridized carbons (Fsp3) is 0.476. The van der Waals surface area contributed by atoms with E-state index in [0.29, 0.717) is 10.8 Å². The quantitative estimate of drug-likeness (QED) is 0.193. The van der Waals surface area contributed by atoms with Crippen LogP contribution in [0.5, 0.6) is 0 Å². The third-order valence-electron chi connectivity index (χ3n) is 4.25. The first kappa shape index (κ1) is 21.6. The number of rotatable bonds is 12. The molecule has 0 aliphatic rings. The summed E-state index contributed by atoms with van der Waals surface area (Å²) in [5.74, 6) is -0.277. The summed E-state index contributed by atoms with van der Waals surface area (Å²) in [6.07, 6.45) is 8.96. The normalized spacial score (nSPS) is 10.7. The summed E-state index contributed by atoms with van der Waals surface area (Å²) in [6.45, 7) is 2.24. The van der Waals surface area contributed by atoms with Crippen LogP contribution in [-0.4, -0.2) is 29.6 Å². The number of methoxy groups -OCH3 is 1. The van der Waals surface area contributed by atoms with Crippen LogP contribution in [0.15, 0.2) is 34.5 Å². The van der Waals surface area contributed by atoms with Gasteiger partial charge in [-0.3, -0.25) is 4.79 Å². The van der Waals surface area contributed by atoms with Crippen molar-refractivity contribution in [1.29, 1.82) is 0 Å². The number of unbranched alkanes of at least 4 members (excludes halogenated alkanes) is 5. The standard InChI is InChI=1S/C21H27NO3S2/c1-3-4-5-6-7-8-9-16-10-12-17(13-11-16)26-15-19(23)20-22-18(14-27-20)21(24)25-2/h10-14H,3-9,15H2,1-2H3. The number of esters is 1. The molecule has 0 N–H and O–H groups in total. The van der Waals surface area contributed by atoms with Gasteiger partial charge in [0.15, 0.2) is 10.7 Å². The first-order chi connectivity index (χ1) is 13.1. The third kappa shape index (κ3) is 7.46. The molecule has 0 atom stereocenters. The smallest absolute Gasteiger partial charge is 0.357 e. The number of Topliss-reactive ketones (excluding diaryl/α,β-unsaturated/α-hetero) is 1. The van der Waals surface area contributed by atoms with Gasteiger partial charge in [0, 0.05) is 10.3 Å². The Labute approximate surface area is 169 Å². The molecular weight excluding hydrogens is 378 g/mol. The topological polar surface area (TPSA) is 56.3 Å². The summed E-state index contributed by atoms with van der Waals surface area (Å²) < 4.78 is 4.61. The lowest BCUT2D eigenvalue weighted by molar-refractivity contribution is 0.0595. The number of carbonyl (C=O) groups is 2. The molecule has 6 heteroatoms. The molecule has 0 unspecified atom stereocenters. The number of ketones is 1. The van der Waals surface area contributed by atoms with E-state index in [4.69, 9.17) is 0 Å². The summed E-state index contributed by atoms with van der Waals surface area (Å²) in [6, 6.07) is 8.45. The van der Waals surface area contributed by atoms with Gasteiger partial charge in [0.25, 0.3) is 0 Å². The molecule has 1 aromatic heterocycles. The number of nitrogens with zero attached hydrogens (tertiary/aromatic N) is 1. The molecule has 0 amide bonds. The maximum atomic E-state index is 12.2. The lowest BCUT2D eigenvalue weighted by Crippen LogP contribution is -2.05. The van der Waals surface area contributed by atoms with Crippen LogP contribution < -0.4 is 0 Å². The number of hydrogen-bond acceptors (Lipinski definition) is 6.